The van der Waals surface area contributed by atoms with Crippen LogP contribution in [0.1, 0.15) is 19.8 Å². The molecule has 1 heterocycles. The predicted molar refractivity (Wildman–Crippen MR) is 113 cm³/mol. The Bertz CT molecular complexity index is 956. The number of nitrogens with one attached hydrogen (secondary N) is 1. The SMILES string of the molecule is CCOC(=O)C1=CC2(CCC1S(=O)(=O)Nc1ccc(Cl)cc1Cl)O[C@H](CO)[C@@H](CO)O2. The molecule has 3 atom stereocenters. The number of aliphatic hydroxyl groups excluding tert-OH is 2. The molecule has 1 spiro atoms. The van der Waals surface area contributed by atoms with Gasteiger partial charge in [0, 0.05) is 11.4 Å². The second-order valence-electron chi connectivity index (χ2n) is 7.11. The number of aliphatic hydroxyl groups is 2. The Kier molecular flexibility index (Phi) is 7.52. The number of carbonyl (C=O) groups excluding carboxylic acids is 1. The van der Waals surface area contributed by atoms with E-state index in [0.717, 1.165) is 0 Å². The molecule has 12 heteroatoms. The summed E-state index contributed by atoms with van der Waals surface area (Å²) in [7, 11) is -4.13. The maximum Gasteiger partial charge on any atom is 0.335 e. The first-order valence-electron chi connectivity index (χ1n) is 9.58. The summed E-state index contributed by atoms with van der Waals surface area (Å²) in [5.41, 5.74) is -0.0513. The minimum atomic E-state index is -4.13. The molecule has 0 aromatic heterocycles. The molecule has 0 amide bonds. The van der Waals surface area contributed by atoms with Crippen LogP contribution in [0.25, 0.3) is 0 Å². The lowest BCUT2D eigenvalue weighted by atomic mass is 9.94. The Morgan fingerprint density at radius 1 is 1.26 bits per heavy atom. The Morgan fingerprint density at radius 3 is 2.45 bits per heavy atom. The fraction of sp³-hybridized carbons (Fsp3) is 0.526. The van der Waals surface area contributed by atoms with E-state index in [1.807, 2.05) is 0 Å². The van der Waals surface area contributed by atoms with Gasteiger partial charge in [-0.05, 0) is 37.6 Å². The molecule has 9 nitrogen and oxygen atoms in total. The quantitative estimate of drug-likeness (QED) is 0.488. The van der Waals surface area contributed by atoms with Gasteiger partial charge in [-0.2, -0.15) is 0 Å². The number of carbonyl (C=O) groups is 1. The number of benzene rings is 1. The maximum absolute atomic E-state index is 13.1. The van der Waals surface area contributed by atoms with Gasteiger partial charge in [-0.15, -0.1) is 0 Å². The predicted octanol–water partition coefficient (Wildman–Crippen LogP) is 1.85. The fourth-order valence-electron chi connectivity index (χ4n) is 3.60. The van der Waals surface area contributed by atoms with Crippen molar-refractivity contribution < 1.29 is 37.6 Å². The maximum atomic E-state index is 13.1. The Morgan fingerprint density at radius 2 is 1.90 bits per heavy atom. The zero-order chi connectivity index (χ0) is 22.8. The van der Waals surface area contributed by atoms with Crippen LogP contribution < -0.4 is 4.72 Å². The zero-order valence-electron chi connectivity index (χ0n) is 16.6. The number of sulfonamides is 1. The van der Waals surface area contributed by atoms with Crippen molar-refractivity contribution in [2.45, 2.75) is 43.0 Å². The van der Waals surface area contributed by atoms with Crippen LogP contribution in [0.4, 0.5) is 5.69 Å². The van der Waals surface area contributed by atoms with E-state index >= 15 is 0 Å². The molecular weight excluding hydrogens is 473 g/mol. The van der Waals surface area contributed by atoms with Crippen molar-refractivity contribution in [2.24, 2.45) is 0 Å². The number of ether oxygens (including phenoxy) is 3. The van der Waals surface area contributed by atoms with Gasteiger partial charge in [0.2, 0.25) is 10.0 Å². The lowest BCUT2D eigenvalue weighted by Gasteiger charge is -2.33. The largest absolute Gasteiger partial charge is 0.463 e. The molecule has 1 saturated heterocycles. The van der Waals surface area contributed by atoms with Crippen LogP contribution in [-0.4, -0.2) is 67.7 Å². The molecule has 3 N–H and O–H groups in total. The lowest BCUT2D eigenvalue weighted by molar-refractivity contribution is -0.154. The summed E-state index contributed by atoms with van der Waals surface area (Å²) < 4.78 is 45.2. The average molecular weight is 496 g/mol. The summed E-state index contributed by atoms with van der Waals surface area (Å²) in [6.45, 7) is 0.812. The molecule has 1 aromatic rings. The smallest absolute Gasteiger partial charge is 0.335 e. The number of esters is 1. The highest BCUT2D eigenvalue weighted by atomic mass is 35.5. The number of hydrogen-bond acceptors (Lipinski definition) is 8. The second-order valence-corrected chi connectivity index (χ2v) is 9.82. The highest BCUT2D eigenvalue weighted by Gasteiger charge is 2.51. The van der Waals surface area contributed by atoms with E-state index in [2.05, 4.69) is 4.72 Å². The third kappa shape index (κ3) is 5.16. The normalized spacial score (nSPS) is 25.3. The molecule has 31 heavy (non-hydrogen) atoms. The highest BCUT2D eigenvalue weighted by Crippen LogP contribution is 2.41. The summed E-state index contributed by atoms with van der Waals surface area (Å²) in [6.07, 6.45) is -0.336. The van der Waals surface area contributed by atoms with Crippen LogP contribution in [0, 0.1) is 0 Å². The topological polar surface area (TPSA) is 131 Å². The van der Waals surface area contributed by atoms with Crippen molar-refractivity contribution in [1.82, 2.24) is 0 Å². The number of anilines is 1. The van der Waals surface area contributed by atoms with Crippen molar-refractivity contribution in [3.8, 4) is 0 Å². The molecule has 3 rings (SSSR count). The molecule has 0 saturated carbocycles. The van der Waals surface area contributed by atoms with Crippen molar-refractivity contribution >= 4 is 44.9 Å². The van der Waals surface area contributed by atoms with Crippen molar-refractivity contribution in [3.05, 3.63) is 39.9 Å². The molecule has 172 valence electrons. The summed E-state index contributed by atoms with van der Waals surface area (Å²) in [5, 5.41) is 18.1. The van der Waals surface area contributed by atoms with E-state index in [1.54, 1.807) is 6.92 Å². The molecule has 0 radical (unpaired) electrons. The first kappa shape index (κ1) is 24.2. The highest BCUT2D eigenvalue weighted by molar-refractivity contribution is 7.93. The monoisotopic (exact) mass is 495 g/mol. The Labute approximate surface area is 189 Å². The van der Waals surface area contributed by atoms with Crippen LogP contribution in [0.15, 0.2) is 29.8 Å². The van der Waals surface area contributed by atoms with E-state index in [1.165, 1.54) is 24.3 Å². The van der Waals surface area contributed by atoms with Gasteiger partial charge >= 0.3 is 5.97 Å². The van der Waals surface area contributed by atoms with Gasteiger partial charge in [0.25, 0.3) is 0 Å². The molecular formula is C19H23Cl2NO8S. The van der Waals surface area contributed by atoms with E-state index < -0.39 is 52.5 Å². The third-order valence-corrected chi connectivity index (χ3v) is 7.31. The Hall–Kier alpha value is -1.40. The van der Waals surface area contributed by atoms with Crippen LogP contribution in [0.3, 0.4) is 0 Å². The van der Waals surface area contributed by atoms with Gasteiger partial charge in [0.05, 0.1) is 36.1 Å². The van der Waals surface area contributed by atoms with Crippen molar-refractivity contribution in [1.29, 1.82) is 0 Å². The molecule has 1 aromatic carbocycles. The summed E-state index contributed by atoms with van der Waals surface area (Å²) in [6, 6.07) is 4.29. The third-order valence-electron chi connectivity index (χ3n) is 5.02. The van der Waals surface area contributed by atoms with E-state index in [-0.39, 0.29) is 35.7 Å². The second kappa shape index (κ2) is 9.62. The van der Waals surface area contributed by atoms with E-state index in [9.17, 15) is 23.4 Å². The Balaban J connectivity index is 1.95. The molecule has 1 aliphatic heterocycles. The molecule has 1 aliphatic carbocycles. The fourth-order valence-corrected chi connectivity index (χ4v) is 5.67. The summed E-state index contributed by atoms with van der Waals surface area (Å²) in [4.78, 5) is 12.6. The number of halogens is 2. The minimum Gasteiger partial charge on any atom is -0.463 e. The molecule has 0 bridgehead atoms. The zero-order valence-corrected chi connectivity index (χ0v) is 18.9. The molecule has 1 unspecified atom stereocenters. The van der Waals surface area contributed by atoms with Gasteiger partial charge in [-0.3, -0.25) is 4.72 Å². The number of rotatable bonds is 7. The summed E-state index contributed by atoms with van der Waals surface area (Å²) >= 11 is 11.9. The average Bonchev–Trinajstić information content (AvgIpc) is 3.07. The van der Waals surface area contributed by atoms with E-state index in [4.69, 9.17) is 37.4 Å². The van der Waals surface area contributed by atoms with Gasteiger partial charge in [-0.25, -0.2) is 13.2 Å². The van der Waals surface area contributed by atoms with Crippen molar-refractivity contribution in [3.63, 3.8) is 0 Å². The minimum absolute atomic E-state index is 0.0344. The van der Waals surface area contributed by atoms with Gasteiger partial charge < -0.3 is 24.4 Å². The van der Waals surface area contributed by atoms with Crippen LogP contribution in [0.5, 0.6) is 0 Å². The van der Waals surface area contributed by atoms with E-state index in [0.29, 0.717) is 5.02 Å². The first-order valence-corrected chi connectivity index (χ1v) is 11.9. The van der Waals surface area contributed by atoms with Gasteiger partial charge in [-0.1, -0.05) is 23.2 Å². The molecule has 1 fully saturated rings. The van der Waals surface area contributed by atoms with Crippen LogP contribution >= 0.6 is 23.2 Å². The standard InChI is InChI=1S/C19H23Cl2NO8S/c1-2-28-18(25)12-8-19(29-15(9-23)16(10-24)30-19)6-5-17(12)31(26,27)22-14-4-3-11(20)7-13(14)21/h3-4,7-8,15-17,22-24H,2,5-6,9-10H2,1H3/t15-,16-,17?/m1/s1. The van der Waals surface area contributed by atoms with Gasteiger partial charge in [0.1, 0.15) is 17.5 Å². The van der Waals surface area contributed by atoms with Crippen LogP contribution in [0.2, 0.25) is 10.0 Å². The first-order chi connectivity index (χ1) is 14.6. The van der Waals surface area contributed by atoms with Crippen LogP contribution in [-0.2, 0) is 29.0 Å². The van der Waals surface area contributed by atoms with Gasteiger partial charge in [0.15, 0.2) is 5.79 Å². The van der Waals surface area contributed by atoms with Crippen molar-refractivity contribution in [2.75, 3.05) is 24.5 Å². The number of hydrogen-bond donors (Lipinski definition) is 3. The lowest BCUT2D eigenvalue weighted by Crippen LogP contribution is -2.42. The summed E-state index contributed by atoms with van der Waals surface area (Å²) in [5.74, 6) is -2.29. The molecule has 2 aliphatic rings.